The van der Waals surface area contributed by atoms with Gasteiger partial charge in [-0.2, -0.15) is 0 Å². The number of amides is 1. The Labute approximate surface area is 134 Å². The average molecular weight is 319 g/mol. The third kappa shape index (κ3) is 3.90. The molecule has 0 saturated carbocycles. The molecule has 6 heteroatoms. The van der Waals surface area contributed by atoms with Gasteiger partial charge in [0, 0.05) is 18.1 Å². The first kappa shape index (κ1) is 17.0. The molecule has 0 fully saturated rings. The molecule has 1 heterocycles. The van der Waals surface area contributed by atoms with E-state index < -0.39 is 17.9 Å². The molecule has 0 aliphatic heterocycles. The van der Waals surface area contributed by atoms with Crippen LogP contribution in [0.3, 0.4) is 0 Å². The van der Waals surface area contributed by atoms with Crippen LogP contribution in [0.1, 0.15) is 42.3 Å². The minimum atomic E-state index is -1.05. The molecule has 1 aromatic carbocycles. The Morgan fingerprint density at radius 3 is 2.74 bits per heavy atom. The maximum Gasteiger partial charge on any atom is 0.326 e. The van der Waals surface area contributed by atoms with E-state index in [1.165, 1.54) is 7.11 Å². The summed E-state index contributed by atoms with van der Waals surface area (Å²) in [7, 11) is 1.53. The van der Waals surface area contributed by atoms with Crippen LogP contribution in [0.4, 0.5) is 0 Å². The SMILES string of the molecule is CCCCC(NC(=O)c1oc2ccccc2c1COC)C(=O)O. The number of rotatable bonds is 8. The second-order valence-electron chi connectivity index (χ2n) is 5.35. The first-order valence-electron chi connectivity index (χ1n) is 7.61. The van der Waals surface area contributed by atoms with Crippen molar-refractivity contribution in [1.82, 2.24) is 5.32 Å². The number of hydrogen-bond acceptors (Lipinski definition) is 4. The molecule has 2 N–H and O–H groups in total. The normalized spacial score (nSPS) is 12.3. The number of aliphatic carboxylic acids is 1. The molecular weight excluding hydrogens is 298 g/mol. The minimum Gasteiger partial charge on any atom is -0.480 e. The largest absolute Gasteiger partial charge is 0.480 e. The van der Waals surface area contributed by atoms with Gasteiger partial charge < -0.3 is 19.6 Å². The Balaban J connectivity index is 2.29. The number of unbranched alkanes of at least 4 members (excludes halogenated alkanes) is 1. The van der Waals surface area contributed by atoms with Crippen molar-refractivity contribution in [2.24, 2.45) is 0 Å². The van der Waals surface area contributed by atoms with Crippen molar-refractivity contribution in [2.75, 3.05) is 7.11 Å². The van der Waals surface area contributed by atoms with E-state index >= 15 is 0 Å². The fourth-order valence-corrected chi connectivity index (χ4v) is 2.46. The Morgan fingerprint density at radius 2 is 2.09 bits per heavy atom. The summed E-state index contributed by atoms with van der Waals surface area (Å²) in [5.41, 5.74) is 1.20. The molecule has 6 nitrogen and oxygen atoms in total. The van der Waals surface area contributed by atoms with Crippen LogP contribution in [0, 0.1) is 0 Å². The molecule has 0 radical (unpaired) electrons. The highest BCUT2D eigenvalue weighted by Gasteiger charge is 2.25. The molecule has 2 rings (SSSR count). The lowest BCUT2D eigenvalue weighted by Crippen LogP contribution is -2.40. The molecule has 1 unspecified atom stereocenters. The number of carboxylic acids is 1. The van der Waals surface area contributed by atoms with Crippen molar-refractivity contribution < 1.29 is 23.8 Å². The van der Waals surface area contributed by atoms with Crippen LogP contribution in [0.25, 0.3) is 11.0 Å². The summed E-state index contributed by atoms with van der Waals surface area (Å²) in [6, 6.07) is 6.34. The molecular formula is C17H21NO5. The predicted molar refractivity (Wildman–Crippen MR) is 85.3 cm³/mol. The van der Waals surface area contributed by atoms with Gasteiger partial charge in [-0.3, -0.25) is 4.79 Å². The quantitative estimate of drug-likeness (QED) is 0.781. The zero-order valence-electron chi connectivity index (χ0n) is 13.3. The molecule has 23 heavy (non-hydrogen) atoms. The number of benzene rings is 1. The van der Waals surface area contributed by atoms with E-state index in [1.807, 2.05) is 25.1 Å². The topological polar surface area (TPSA) is 88.8 Å². The van der Waals surface area contributed by atoms with Crippen molar-refractivity contribution in [1.29, 1.82) is 0 Å². The molecule has 0 bridgehead atoms. The van der Waals surface area contributed by atoms with E-state index in [-0.39, 0.29) is 12.4 Å². The molecule has 2 aromatic rings. The third-order valence-electron chi connectivity index (χ3n) is 3.64. The Kier molecular flexibility index (Phi) is 5.76. The molecule has 0 spiro atoms. The maximum atomic E-state index is 12.5. The summed E-state index contributed by atoms with van der Waals surface area (Å²) in [5.74, 6) is -1.47. The van der Waals surface area contributed by atoms with E-state index in [0.717, 1.165) is 18.2 Å². The fourth-order valence-electron chi connectivity index (χ4n) is 2.46. The number of nitrogens with one attached hydrogen (secondary N) is 1. The standard InChI is InChI=1S/C17H21NO5/c1-3-4-8-13(17(20)21)18-16(19)15-12(10-22-2)11-7-5-6-9-14(11)23-15/h5-7,9,13H,3-4,8,10H2,1-2H3,(H,18,19)(H,20,21). The fraction of sp³-hybridized carbons (Fsp3) is 0.412. The number of fused-ring (bicyclic) bond motifs is 1. The molecule has 0 aliphatic rings. The van der Waals surface area contributed by atoms with Crippen molar-refractivity contribution >= 4 is 22.8 Å². The molecule has 0 saturated heterocycles. The number of hydrogen-bond donors (Lipinski definition) is 2. The van der Waals surface area contributed by atoms with E-state index in [4.69, 9.17) is 9.15 Å². The van der Waals surface area contributed by atoms with Gasteiger partial charge in [-0.15, -0.1) is 0 Å². The Bertz CT molecular complexity index is 691. The molecule has 0 aliphatic carbocycles. The Morgan fingerprint density at radius 1 is 1.35 bits per heavy atom. The summed E-state index contributed by atoms with van der Waals surface area (Å²) in [6.07, 6.45) is 1.97. The van der Waals surface area contributed by atoms with Crippen LogP contribution in [-0.2, 0) is 16.1 Å². The van der Waals surface area contributed by atoms with Crippen LogP contribution in [-0.4, -0.2) is 30.1 Å². The number of carbonyl (C=O) groups is 2. The van der Waals surface area contributed by atoms with Gasteiger partial charge in [0.25, 0.3) is 5.91 Å². The minimum absolute atomic E-state index is 0.107. The lowest BCUT2D eigenvalue weighted by Gasteiger charge is -2.13. The molecule has 1 aromatic heterocycles. The second-order valence-corrected chi connectivity index (χ2v) is 5.35. The van der Waals surface area contributed by atoms with Crippen molar-refractivity contribution in [3.05, 3.63) is 35.6 Å². The monoisotopic (exact) mass is 319 g/mol. The zero-order valence-corrected chi connectivity index (χ0v) is 13.3. The van der Waals surface area contributed by atoms with Gasteiger partial charge in [0.2, 0.25) is 0 Å². The van der Waals surface area contributed by atoms with Crippen LogP contribution in [0.5, 0.6) is 0 Å². The number of carboxylic acid groups (broad SMARTS) is 1. The van der Waals surface area contributed by atoms with Crippen LogP contribution in [0.15, 0.2) is 28.7 Å². The van der Waals surface area contributed by atoms with E-state index in [0.29, 0.717) is 17.6 Å². The lowest BCUT2D eigenvalue weighted by molar-refractivity contribution is -0.139. The molecule has 1 amide bonds. The molecule has 1 atom stereocenters. The van der Waals surface area contributed by atoms with Gasteiger partial charge in [0.15, 0.2) is 5.76 Å². The maximum absolute atomic E-state index is 12.5. The number of para-hydroxylation sites is 1. The van der Waals surface area contributed by atoms with Crippen LogP contribution < -0.4 is 5.32 Å². The van der Waals surface area contributed by atoms with Gasteiger partial charge in [0.05, 0.1) is 6.61 Å². The molecule has 124 valence electrons. The van der Waals surface area contributed by atoms with Crippen molar-refractivity contribution in [3.8, 4) is 0 Å². The lowest BCUT2D eigenvalue weighted by atomic mass is 10.1. The van der Waals surface area contributed by atoms with Crippen molar-refractivity contribution in [3.63, 3.8) is 0 Å². The number of furan rings is 1. The van der Waals surface area contributed by atoms with Crippen LogP contribution in [0.2, 0.25) is 0 Å². The number of methoxy groups -OCH3 is 1. The number of carbonyl (C=O) groups excluding carboxylic acids is 1. The Hall–Kier alpha value is -2.34. The van der Waals surface area contributed by atoms with Gasteiger partial charge in [-0.05, 0) is 12.5 Å². The summed E-state index contributed by atoms with van der Waals surface area (Å²) >= 11 is 0. The third-order valence-corrected chi connectivity index (χ3v) is 3.64. The summed E-state index contributed by atoms with van der Waals surface area (Å²) in [4.78, 5) is 23.7. The van der Waals surface area contributed by atoms with E-state index in [9.17, 15) is 14.7 Å². The average Bonchev–Trinajstić information content (AvgIpc) is 2.90. The van der Waals surface area contributed by atoms with Gasteiger partial charge in [-0.25, -0.2) is 4.79 Å². The van der Waals surface area contributed by atoms with Gasteiger partial charge in [0.1, 0.15) is 11.6 Å². The predicted octanol–water partition coefficient (Wildman–Crippen LogP) is 2.95. The van der Waals surface area contributed by atoms with Gasteiger partial charge >= 0.3 is 5.97 Å². The highest BCUT2D eigenvalue weighted by Crippen LogP contribution is 2.26. The zero-order chi connectivity index (χ0) is 16.8. The number of ether oxygens (including phenoxy) is 1. The summed E-state index contributed by atoms with van der Waals surface area (Å²) in [5, 5.41) is 12.6. The first-order valence-corrected chi connectivity index (χ1v) is 7.61. The highest BCUT2D eigenvalue weighted by molar-refractivity contribution is 6.00. The van der Waals surface area contributed by atoms with Crippen molar-refractivity contribution in [2.45, 2.75) is 38.8 Å². The van der Waals surface area contributed by atoms with E-state index in [1.54, 1.807) is 6.07 Å². The highest BCUT2D eigenvalue weighted by atomic mass is 16.5. The van der Waals surface area contributed by atoms with Gasteiger partial charge in [-0.1, -0.05) is 38.0 Å². The first-order chi connectivity index (χ1) is 11.1. The van der Waals surface area contributed by atoms with Crippen LogP contribution >= 0.6 is 0 Å². The summed E-state index contributed by atoms with van der Waals surface area (Å²) < 4.78 is 10.8. The second kappa shape index (κ2) is 7.78. The summed E-state index contributed by atoms with van der Waals surface area (Å²) in [6.45, 7) is 2.18. The van der Waals surface area contributed by atoms with E-state index in [2.05, 4.69) is 5.32 Å². The smallest absolute Gasteiger partial charge is 0.326 e.